The van der Waals surface area contributed by atoms with Crippen LogP contribution in [0.2, 0.25) is 0 Å². The molecule has 3 aromatic rings. The number of allylic oxidation sites excluding steroid dienone is 3. The van der Waals surface area contributed by atoms with Gasteiger partial charge in [0.15, 0.2) is 0 Å². The molecule has 1 aliphatic carbocycles. The van der Waals surface area contributed by atoms with Crippen molar-refractivity contribution in [2.75, 3.05) is 25.0 Å². The summed E-state index contributed by atoms with van der Waals surface area (Å²) in [6.45, 7) is 14.1. The Bertz CT molecular complexity index is 1380. The van der Waals surface area contributed by atoms with Crippen LogP contribution in [-0.4, -0.2) is 41.6 Å². The number of hydrogen-bond donors (Lipinski definition) is 2. The van der Waals surface area contributed by atoms with Crippen molar-refractivity contribution < 1.29 is 9.18 Å². The molecule has 1 aliphatic rings. The van der Waals surface area contributed by atoms with Gasteiger partial charge in [0.2, 0.25) is 0 Å². The molecule has 0 aliphatic heterocycles. The van der Waals surface area contributed by atoms with Crippen LogP contribution in [0.25, 0.3) is 15.8 Å². The smallest absolute Gasteiger partial charge is 0.319 e. The summed E-state index contributed by atoms with van der Waals surface area (Å²) < 4.78 is 16.0. The van der Waals surface area contributed by atoms with Gasteiger partial charge in [0.25, 0.3) is 0 Å². The van der Waals surface area contributed by atoms with Gasteiger partial charge in [-0.3, -0.25) is 9.88 Å². The van der Waals surface area contributed by atoms with Crippen molar-refractivity contribution in [3.05, 3.63) is 88.7 Å². The third-order valence-electron chi connectivity index (χ3n) is 6.87. The summed E-state index contributed by atoms with van der Waals surface area (Å²) in [6, 6.07) is 8.86. The van der Waals surface area contributed by atoms with Gasteiger partial charge >= 0.3 is 6.03 Å². The van der Waals surface area contributed by atoms with E-state index in [2.05, 4.69) is 72.2 Å². The molecule has 2 N–H and O–H groups in total. The lowest BCUT2D eigenvalue weighted by Gasteiger charge is -2.21. The van der Waals surface area contributed by atoms with Crippen LogP contribution in [0.4, 0.5) is 14.9 Å². The van der Waals surface area contributed by atoms with Gasteiger partial charge in [0.05, 0.1) is 10.2 Å². The fourth-order valence-electron chi connectivity index (χ4n) is 4.74. The molecule has 1 aromatic carbocycles. The summed E-state index contributed by atoms with van der Waals surface area (Å²) in [6.07, 6.45) is 14.1. The molecule has 0 unspecified atom stereocenters. The maximum Gasteiger partial charge on any atom is 0.319 e. The van der Waals surface area contributed by atoms with Crippen LogP contribution in [0.5, 0.6) is 0 Å². The van der Waals surface area contributed by atoms with Crippen molar-refractivity contribution in [1.29, 1.82) is 0 Å². The van der Waals surface area contributed by atoms with E-state index in [1.807, 2.05) is 6.07 Å². The van der Waals surface area contributed by atoms with Crippen LogP contribution in [0, 0.1) is 5.82 Å². The first-order valence-corrected chi connectivity index (χ1v) is 15.2. The molecule has 1 fully saturated rings. The highest BCUT2D eigenvalue weighted by molar-refractivity contribution is 7.20. The maximum atomic E-state index is 15.0. The van der Waals surface area contributed by atoms with Crippen LogP contribution in [0.1, 0.15) is 68.9 Å². The molecule has 0 saturated heterocycles. The van der Waals surface area contributed by atoms with Crippen LogP contribution in [-0.2, 0) is 6.42 Å². The van der Waals surface area contributed by atoms with E-state index in [0.29, 0.717) is 17.7 Å². The summed E-state index contributed by atoms with van der Waals surface area (Å²) in [5, 5.41) is 5.57. The first-order valence-electron chi connectivity index (χ1n) is 14.4. The Labute approximate surface area is 241 Å². The molecule has 40 heavy (non-hydrogen) atoms. The Morgan fingerprint density at radius 2 is 1.90 bits per heavy atom. The number of hydrogen-bond acceptors (Lipinski definition) is 4. The standard InChI is InChI=1S/C33H41FN4OS/c1-5-8-24(22-38(17-6-2)18-7-3)10-9-23(4)31-21-30-32(40-31)26(15-16-35-30)19-25-11-12-28(20-29(25)34)37-33(39)36-27-13-14-27/h8-12,15-16,20-21,27H,4-7,13-14,17-19,22H2,1-3H3,(H2,36,37,39)/b10-9-,24-8+. The van der Waals surface area contributed by atoms with E-state index in [1.165, 1.54) is 11.6 Å². The van der Waals surface area contributed by atoms with Crippen molar-refractivity contribution in [1.82, 2.24) is 15.2 Å². The molecule has 2 heterocycles. The summed E-state index contributed by atoms with van der Waals surface area (Å²) in [7, 11) is 0. The number of aromatic nitrogens is 1. The highest BCUT2D eigenvalue weighted by atomic mass is 32.1. The number of fused-ring (bicyclic) bond motifs is 1. The van der Waals surface area contributed by atoms with Crippen molar-refractivity contribution in [3.63, 3.8) is 0 Å². The minimum atomic E-state index is -0.339. The number of halogens is 1. The monoisotopic (exact) mass is 560 g/mol. The van der Waals surface area contributed by atoms with Gasteiger partial charge in [-0.05, 0) is 91.7 Å². The van der Waals surface area contributed by atoms with Gasteiger partial charge in [-0.15, -0.1) is 11.3 Å². The second-order valence-electron chi connectivity index (χ2n) is 10.5. The average molecular weight is 561 g/mol. The highest BCUT2D eigenvalue weighted by Gasteiger charge is 2.23. The van der Waals surface area contributed by atoms with E-state index in [0.717, 1.165) is 78.0 Å². The van der Waals surface area contributed by atoms with Crippen molar-refractivity contribution in [2.24, 2.45) is 0 Å². The number of pyridine rings is 1. The highest BCUT2D eigenvalue weighted by Crippen LogP contribution is 2.33. The number of thiophene rings is 1. The molecule has 7 heteroatoms. The Hall–Kier alpha value is -3.29. The third-order valence-corrected chi connectivity index (χ3v) is 8.14. The number of anilines is 1. The molecule has 212 valence electrons. The van der Waals surface area contributed by atoms with Gasteiger partial charge in [-0.2, -0.15) is 0 Å². The van der Waals surface area contributed by atoms with E-state index in [9.17, 15) is 4.79 Å². The van der Waals surface area contributed by atoms with E-state index in [1.54, 1.807) is 29.7 Å². The lowest BCUT2D eigenvalue weighted by atomic mass is 10.0. The number of carbonyl (C=O) groups excluding carboxylic acids is 1. The number of nitrogens with zero attached hydrogens (tertiary/aromatic N) is 2. The summed E-state index contributed by atoms with van der Waals surface area (Å²) >= 11 is 1.64. The quantitative estimate of drug-likeness (QED) is 0.195. The topological polar surface area (TPSA) is 57.3 Å². The van der Waals surface area contributed by atoms with Crippen LogP contribution in [0.15, 0.2) is 66.9 Å². The fraction of sp³-hybridized carbons (Fsp3) is 0.394. The first kappa shape index (κ1) is 29.7. The minimum Gasteiger partial charge on any atom is -0.335 e. The van der Waals surface area contributed by atoms with Gasteiger partial charge in [0, 0.05) is 35.8 Å². The summed E-state index contributed by atoms with van der Waals surface area (Å²) in [5.74, 6) is -0.339. The van der Waals surface area contributed by atoms with Crippen LogP contribution < -0.4 is 10.6 Å². The molecule has 0 bridgehead atoms. The zero-order valence-corrected chi connectivity index (χ0v) is 24.7. The second kappa shape index (κ2) is 14.4. The normalized spacial score (nSPS) is 13.9. The number of benzene rings is 1. The largest absolute Gasteiger partial charge is 0.335 e. The number of amides is 2. The minimum absolute atomic E-state index is 0.247. The van der Waals surface area contributed by atoms with Gasteiger partial charge in [-0.1, -0.05) is 51.6 Å². The van der Waals surface area contributed by atoms with E-state index in [-0.39, 0.29) is 17.9 Å². The number of urea groups is 1. The SMILES string of the molecule is C=C(/C=C\C(=C/CC)CN(CCC)CCC)c1cc2nccc(Cc3ccc(NC(=O)NC4CC4)cc3F)c2s1. The summed E-state index contributed by atoms with van der Waals surface area (Å²) in [4.78, 5) is 20.1. The van der Waals surface area contributed by atoms with Gasteiger partial charge < -0.3 is 10.6 Å². The Morgan fingerprint density at radius 3 is 2.58 bits per heavy atom. The second-order valence-corrected chi connectivity index (χ2v) is 11.5. The summed E-state index contributed by atoms with van der Waals surface area (Å²) in [5.41, 5.74) is 5.19. The van der Waals surface area contributed by atoms with Gasteiger partial charge in [-0.25, -0.2) is 9.18 Å². The number of carbonyl (C=O) groups is 1. The Balaban J connectivity index is 1.46. The van der Waals surface area contributed by atoms with Gasteiger partial charge in [0.1, 0.15) is 5.82 Å². The lowest BCUT2D eigenvalue weighted by molar-refractivity contribution is 0.251. The molecule has 1 saturated carbocycles. The number of rotatable bonds is 14. The van der Waals surface area contributed by atoms with E-state index >= 15 is 4.39 Å². The predicted molar refractivity (Wildman–Crippen MR) is 168 cm³/mol. The lowest BCUT2D eigenvalue weighted by Crippen LogP contribution is -2.30. The predicted octanol–water partition coefficient (Wildman–Crippen LogP) is 8.34. The maximum absolute atomic E-state index is 15.0. The average Bonchev–Trinajstić information content (AvgIpc) is 3.62. The molecule has 0 spiro atoms. The number of nitrogens with one attached hydrogen (secondary N) is 2. The first-order chi connectivity index (χ1) is 19.4. The van der Waals surface area contributed by atoms with Crippen LogP contribution >= 0.6 is 11.3 Å². The molecule has 0 atom stereocenters. The van der Waals surface area contributed by atoms with Crippen molar-refractivity contribution >= 4 is 38.8 Å². The van der Waals surface area contributed by atoms with Crippen LogP contribution in [0.3, 0.4) is 0 Å². The molecular formula is C33H41FN4OS. The molecule has 2 aromatic heterocycles. The fourth-order valence-corrected chi connectivity index (χ4v) is 5.82. The zero-order valence-electron chi connectivity index (χ0n) is 23.9. The van der Waals surface area contributed by atoms with Crippen molar-refractivity contribution in [3.8, 4) is 0 Å². The molecule has 0 radical (unpaired) electrons. The molecule has 4 rings (SSSR count). The van der Waals surface area contributed by atoms with E-state index < -0.39 is 0 Å². The molecular weight excluding hydrogens is 519 g/mol. The Morgan fingerprint density at radius 1 is 1.12 bits per heavy atom. The third kappa shape index (κ3) is 8.35. The van der Waals surface area contributed by atoms with E-state index in [4.69, 9.17) is 0 Å². The Kier molecular flexibility index (Phi) is 10.7. The zero-order chi connectivity index (χ0) is 28.5. The van der Waals surface area contributed by atoms with Crippen molar-refractivity contribution in [2.45, 2.75) is 65.3 Å². The molecule has 2 amide bonds. The molecule has 5 nitrogen and oxygen atoms in total.